The third-order valence-corrected chi connectivity index (χ3v) is 3.11. The van der Waals surface area contributed by atoms with Crippen LogP contribution in [0.15, 0.2) is 18.5 Å². The van der Waals surface area contributed by atoms with Crippen LogP contribution in [0.5, 0.6) is 0 Å². The standard InChI is InChI=1S/C11H19N3/c1-8(2)14-6-4-10(12)11(14)9-3-5-13-7-9/h3,5,7-8,10-11,13H,4,6,12H2,1-2H3/t10-,11+/m1/s1. The van der Waals surface area contributed by atoms with Gasteiger partial charge in [0, 0.05) is 31.0 Å². The highest BCUT2D eigenvalue weighted by atomic mass is 15.2. The van der Waals surface area contributed by atoms with E-state index in [-0.39, 0.29) is 6.04 Å². The first-order valence-electron chi connectivity index (χ1n) is 5.34. The van der Waals surface area contributed by atoms with Gasteiger partial charge in [0.05, 0.1) is 6.04 Å². The molecule has 2 rings (SSSR count). The third-order valence-electron chi connectivity index (χ3n) is 3.11. The summed E-state index contributed by atoms with van der Waals surface area (Å²) >= 11 is 0. The molecule has 0 amide bonds. The fourth-order valence-electron chi connectivity index (χ4n) is 2.38. The Morgan fingerprint density at radius 1 is 1.57 bits per heavy atom. The van der Waals surface area contributed by atoms with Crippen molar-refractivity contribution < 1.29 is 0 Å². The molecule has 1 aromatic heterocycles. The Bertz CT molecular complexity index is 279. The second-order valence-corrected chi connectivity index (χ2v) is 4.37. The highest BCUT2D eigenvalue weighted by molar-refractivity contribution is 5.18. The number of aromatic nitrogens is 1. The molecule has 3 heteroatoms. The number of nitrogens with one attached hydrogen (secondary N) is 1. The van der Waals surface area contributed by atoms with Gasteiger partial charge in [0.25, 0.3) is 0 Å². The van der Waals surface area contributed by atoms with Gasteiger partial charge in [-0.1, -0.05) is 0 Å². The van der Waals surface area contributed by atoms with Crippen molar-refractivity contribution in [2.75, 3.05) is 6.54 Å². The van der Waals surface area contributed by atoms with Crippen LogP contribution in [0.25, 0.3) is 0 Å². The lowest BCUT2D eigenvalue weighted by molar-refractivity contribution is 0.198. The summed E-state index contributed by atoms with van der Waals surface area (Å²) in [7, 11) is 0. The molecule has 0 aromatic carbocycles. The molecule has 2 heterocycles. The number of hydrogen-bond donors (Lipinski definition) is 2. The quantitative estimate of drug-likeness (QED) is 0.747. The van der Waals surface area contributed by atoms with Gasteiger partial charge in [-0.25, -0.2) is 0 Å². The first-order valence-corrected chi connectivity index (χ1v) is 5.34. The molecular formula is C11H19N3. The molecule has 78 valence electrons. The number of nitrogens with two attached hydrogens (primary N) is 1. The summed E-state index contributed by atoms with van der Waals surface area (Å²) in [5.74, 6) is 0. The van der Waals surface area contributed by atoms with Crippen molar-refractivity contribution in [3.8, 4) is 0 Å². The first-order chi connectivity index (χ1) is 6.70. The summed E-state index contributed by atoms with van der Waals surface area (Å²) in [4.78, 5) is 5.58. The molecule has 0 bridgehead atoms. The molecule has 0 spiro atoms. The highest BCUT2D eigenvalue weighted by Crippen LogP contribution is 2.32. The Balaban J connectivity index is 2.22. The number of aromatic amines is 1. The Kier molecular flexibility index (Phi) is 2.61. The van der Waals surface area contributed by atoms with Crippen molar-refractivity contribution in [3.63, 3.8) is 0 Å². The number of H-pyrrole nitrogens is 1. The Labute approximate surface area is 85.3 Å². The van der Waals surface area contributed by atoms with Gasteiger partial charge in [-0.05, 0) is 31.9 Å². The van der Waals surface area contributed by atoms with Crippen LogP contribution in [0.4, 0.5) is 0 Å². The normalized spacial score (nSPS) is 28.9. The molecule has 14 heavy (non-hydrogen) atoms. The predicted octanol–water partition coefficient (Wildman–Crippen LogP) is 1.50. The third kappa shape index (κ3) is 1.57. The van der Waals surface area contributed by atoms with Crippen molar-refractivity contribution in [1.29, 1.82) is 0 Å². The van der Waals surface area contributed by atoms with E-state index in [1.165, 1.54) is 5.56 Å². The van der Waals surface area contributed by atoms with Crippen LogP contribution in [0.3, 0.4) is 0 Å². The maximum atomic E-state index is 6.14. The van der Waals surface area contributed by atoms with Crippen LogP contribution < -0.4 is 5.73 Å². The summed E-state index contributed by atoms with van der Waals surface area (Å²) < 4.78 is 0. The minimum absolute atomic E-state index is 0.285. The molecule has 1 aromatic rings. The summed E-state index contributed by atoms with van der Waals surface area (Å²) in [6, 6.07) is 3.39. The van der Waals surface area contributed by atoms with Gasteiger partial charge < -0.3 is 10.7 Å². The van der Waals surface area contributed by atoms with Gasteiger partial charge in [0.15, 0.2) is 0 Å². The van der Waals surface area contributed by atoms with E-state index in [9.17, 15) is 0 Å². The zero-order valence-electron chi connectivity index (χ0n) is 8.90. The summed E-state index contributed by atoms with van der Waals surface area (Å²) in [6.45, 7) is 5.59. The van der Waals surface area contributed by atoms with Crippen molar-refractivity contribution >= 4 is 0 Å². The van der Waals surface area contributed by atoms with Crippen molar-refractivity contribution in [3.05, 3.63) is 24.0 Å². The van der Waals surface area contributed by atoms with Gasteiger partial charge in [0.2, 0.25) is 0 Å². The average Bonchev–Trinajstić information content (AvgIpc) is 2.71. The molecule has 1 aliphatic rings. The van der Waals surface area contributed by atoms with Gasteiger partial charge >= 0.3 is 0 Å². The minimum Gasteiger partial charge on any atom is -0.367 e. The molecule has 0 unspecified atom stereocenters. The second-order valence-electron chi connectivity index (χ2n) is 4.37. The Morgan fingerprint density at radius 2 is 2.36 bits per heavy atom. The lowest BCUT2D eigenvalue weighted by atomic mass is 10.0. The number of likely N-dealkylation sites (tertiary alicyclic amines) is 1. The lowest BCUT2D eigenvalue weighted by Gasteiger charge is -2.29. The van der Waals surface area contributed by atoms with E-state index in [1.54, 1.807) is 0 Å². The van der Waals surface area contributed by atoms with Crippen LogP contribution in [-0.4, -0.2) is 28.5 Å². The molecule has 1 saturated heterocycles. The van der Waals surface area contributed by atoms with E-state index in [2.05, 4.69) is 36.0 Å². The van der Waals surface area contributed by atoms with Crippen molar-refractivity contribution in [2.24, 2.45) is 5.73 Å². The minimum atomic E-state index is 0.285. The largest absolute Gasteiger partial charge is 0.367 e. The van der Waals surface area contributed by atoms with Crippen LogP contribution in [0, 0.1) is 0 Å². The smallest absolute Gasteiger partial charge is 0.0517 e. The van der Waals surface area contributed by atoms with Crippen LogP contribution in [-0.2, 0) is 0 Å². The zero-order chi connectivity index (χ0) is 10.1. The van der Waals surface area contributed by atoms with Gasteiger partial charge in [-0.3, -0.25) is 4.90 Å². The Morgan fingerprint density at radius 3 is 2.93 bits per heavy atom. The predicted molar refractivity (Wildman–Crippen MR) is 58.0 cm³/mol. The van der Waals surface area contributed by atoms with E-state index in [1.807, 2.05) is 6.20 Å². The van der Waals surface area contributed by atoms with Crippen LogP contribution >= 0.6 is 0 Å². The first kappa shape index (κ1) is 9.74. The SMILES string of the molecule is CC(C)N1CC[C@@H](N)[C@@H]1c1cc[nH]c1. The molecule has 0 saturated carbocycles. The van der Waals surface area contributed by atoms with E-state index >= 15 is 0 Å². The molecule has 1 aliphatic heterocycles. The average molecular weight is 193 g/mol. The monoisotopic (exact) mass is 193 g/mol. The summed E-state index contributed by atoms with van der Waals surface area (Å²) in [5, 5.41) is 0. The molecule has 3 nitrogen and oxygen atoms in total. The van der Waals surface area contributed by atoms with E-state index in [4.69, 9.17) is 5.73 Å². The summed E-state index contributed by atoms with van der Waals surface area (Å²) in [5.41, 5.74) is 7.47. The van der Waals surface area contributed by atoms with Gasteiger partial charge in [-0.2, -0.15) is 0 Å². The number of rotatable bonds is 2. The Hall–Kier alpha value is -0.800. The number of nitrogens with zero attached hydrogens (tertiary/aromatic N) is 1. The van der Waals surface area contributed by atoms with Gasteiger partial charge in [-0.15, -0.1) is 0 Å². The zero-order valence-corrected chi connectivity index (χ0v) is 8.90. The number of hydrogen-bond acceptors (Lipinski definition) is 2. The molecule has 1 fully saturated rings. The second kappa shape index (κ2) is 3.75. The fraction of sp³-hybridized carbons (Fsp3) is 0.636. The maximum Gasteiger partial charge on any atom is 0.0517 e. The molecule has 2 atom stereocenters. The van der Waals surface area contributed by atoms with Crippen molar-refractivity contribution in [1.82, 2.24) is 9.88 Å². The highest BCUT2D eigenvalue weighted by Gasteiger charge is 2.34. The van der Waals surface area contributed by atoms with Crippen molar-refractivity contribution in [2.45, 2.75) is 38.4 Å². The van der Waals surface area contributed by atoms with Crippen LogP contribution in [0.1, 0.15) is 31.9 Å². The molecular weight excluding hydrogens is 174 g/mol. The maximum absolute atomic E-state index is 6.14. The molecule has 0 aliphatic carbocycles. The summed E-state index contributed by atoms with van der Waals surface area (Å²) in [6.07, 6.45) is 5.14. The molecule has 0 radical (unpaired) electrons. The van der Waals surface area contributed by atoms with Crippen LogP contribution in [0.2, 0.25) is 0 Å². The van der Waals surface area contributed by atoms with E-state index in [0.29, 0.717) is 12.1 Å². The van der Waals surface area contributed by atoms with E-state index < -0.39 is 0 Å². The topological polar surface area (TPSA) is 45.0 Å². The molecule has 3 N–H and O–H groups in total. The lowest BCUT2D eigenvalue weighted by Crippen LogP contribution is -2.35. The van der Waals surface area contributed by atoms with Gasteiger partial charge in [0.1, 0.15) is 0 Å². The fourth-order valence-corrected chi connectivity index (χ4v) is 2.38. The van der Waals surface area contributed by atoms with E-state index in [0.717, 1.165) is 13.0 Å².